The molecule has 0 atom stereocenters. The van der Waals surface area contributed by atoms with Gasteiger partial charge in [0.2, 0.25) is 16.8 Å². The summed E-state index contributed by atoms with van der Waals surface area (Å²) < 4.78 is 1.74. The number of aromatic nitrogens is 3. The maximum absolute atomic E-state index is 12.4. The fraction of sp³-hybridized carbons (Fsp3) is 0.240. The van der Waals surface area contributed by atoms with Gasteiger partial charge in [0.05, 0.1) is 16.8 Å². The Morgan fingerprint density at radius 3 is 2.38 bits per heavy atom. The van der Waals surface area contributed by atoms with Crippen molar-refractivity contribution >= 4 is 40.0 Å². The molecule has 4 aromatic rings. The second kappa shape index (κ2) is 9.18. The SMILES string of the molecule is Cc1ccc(-c2csc3nc(NC(=O)CCCCCN4C(=O)c5ccccc5C4=O)nn23)cc1. The number of hydrogen-bond acceptors (Lipinski definition) is 6. The normalized spacial score (nSPS) is 13.0. The lowest BCUT2D eigenvalue weighted by atomic mass is 10.1. The minimum atomic E-state index is -0.242. The highest BCUT2D eigenvalue weighted by molar-refractivity contribution is 7.15. The summed E-state index contributed by atoms with van der Waals surface area (Å²) in [7, 11) is 0. The first-order chi connectivity index (χ1) is 16.5. The quantitative estimate of drug-likeness (QED) is 0.299. The van der Waals surface area contributed by atoms with Gasteiger partial charge in [-0.25, -0.2) is 4.52 Å². The third kappa shape index (κ3) is 4.22. The van der Waals surface area contributed by atoms with E-state index in [1.165, 1.54) is 21.8 Å². The molecular formula is C25H23N5O3S. The van der Waals surface area contributed by atoms with Crippen LogP contribution in [0.15, 0.2) is 53.9 Å². The van der Waals surface area contributed by atoms with E-state index in [1.54, 1.807) is 28.8 Å². The monoisotopic (exact) mass is 473 g/mol. The number of carbonyl (C=O) groups excluding carboxylic acids is 3. The van der Waals surface area contributed by atoms with Crippen LogP contribution in [0.4, 0.5) is 5.95 Å². The van der Waals surface area contributed by atoms with Crippen LogP contribution in [-0.4, -0.2) is 43.8 Å². The van der Waals surface area contributed by atoms with Crippen molar-refractivity contribution in [3.8, 4) is 11.3 Å². The van der Waals surface area contributed by atoms with Crippen LogP contribution in [0.1, 0.15) is 52.0 Å². The summed E-state index contributed by atoms with van der Waals surface area (Å²) in [6.07, 6.45) is 2.34. The molecular weight excluding hydrogens is 450 g/mol. The number of thiazole rings is 1. The number of hydrogen-bond donors (Lipinski definition) is 1. The summed E-state index contributed by atoms with van der Waals surface area (Å²) in [5.74, 6) is -0.351. The molecule has 5 rings (SSSR count). The smallest absolute Gasteiger partial charge is 0.261 e. The fourth-order valence-electron chi connectivity index (χ4n) is 4.02. The first-order valence-electron chi connectivity index (χ1n) is 11.2. The topological polar surface area (TPSA) is 96.7 Å². The van der Waals surface area contributed by atoms with Gasteiger partial charge in [-0.1, -0.05) is 48.4 Å². The van der Waals surface area contributed by atoms with Crippen LogP contribution in [0, 0.1) is 6.92 Å². The van der Waals surface area contributed by atoms with Crippen LogP contribution < -0.4 is 5.32 Å². The fourth-order valence-corrected chi connectivity index (χ4v) is 4.85. The third-order valence-electron chi connectivity index (χ3n) is 5.84. The molecule has 0 saturated carbocycles. The molecule has 2 aromatic carbocycles. The van der Waals surface area contributed by atoms with Gasteiger partial charge in [-0.15, -0.1) is 16.4 Å². The van der Waals surface area contributed by atoms with Gasteiger partial charge >= 0.3 is 0 Å². The Balaban J connectivity index is 1.10. The van der Waals surface area contributed by atoms with Gasteiger partial charge in [-0.05, 0) is 31.9 Å². The van der Waals surface area contributed by atoms with Gasteiger partial charge in [0.15, 0.2) is 0 Å². The van der Waals surface area contributed by atoms with Crippen LogP contribution in [0.3, 0.4) is 0 Å². The predicted octanol–water partition coefficient (Wildman–Crippen LogP) is 4.56. The van der Waals surface area contributed by atoms with Crippen molar-refractivity contribution in [3.05, 3.63) is 70.6 Å². The van der Waals surface area contributed by atoms with Crippen LogP contribution in [0.2, 0.25) is 0 Å². The van der Waals surface area contributed by atoms with E-state index in [0.29, 0.717) is 41.9 Å². The third-order valence-corrected chi connectivity index (χ3v) is 6.66. The number of benzene rings is 2. The summed E-state index contributed by atoms with van der Waals surface area (Å²) in [6, 6.07) is 15.1. The van der Waals surface area contributed by atoms with E-state index >= 15 is 0 Å². The van der Waals surface area contributed by atoms with Crippen molar-refractivity contribution in [1.29, 1.82) is 0 Å². The molecule has 0 fully saturated rings. The molecule has 0 bridgehead atoms. The second-order valence-corrected chi connectivity index (χ2v) is 9.12. The van der Waals surface area contributed by atoms with Crippen LogP contribution in [0.5, 0.6) is 0 Å². The van der Waals surface area contributed by atoms with Crippen LogP contribution in [-0.2, 0) is 4.79 Å². The van der Waals surface area contributed by atoms with Crippen molar-refractivity contribution in [2.75, 3.05) is 11.9 Å². The van der Waals surface area contributed by atoms with E-state index in [2.05, 4.69) is 15.4 Å². The number of anilines is 1. The number of amides is 3. The Morgan fingerprint density at radius 2 is 1.68 bits per heavy atom. The number of fused-ring (bicyclic) bond motifs is 2. The molecule has 9 heteroatoms. The van der Waals surface area contributed by atoms with Gasteiger partial charge in [0.1, 0.15) is 0 Å². The van der Waals surface area contributed by atoms with Gasteiger partial charge in [-0.2, -0.15) is 4.98 Å². The Bertz CT molecular complexity index is 1350. The van der Waals surface area contributed by atoms with E-state index in [1.807, 2.05) is 36.6 Å². The summed E-state index contributed by atoms with van der Waals surface area (Å²) in [5, 5.41) is 9.22. The minimum Gasteiger partial charge on any atom is -0.293 e. The molecule has 1 N–H and O–H groups in total. The first-order valence-corrected chi connectivity index (χ1v) is 12.1. The number of nitrogens with zero attached hydrogens (tertiary/aromatic N) is 4. The molecule has 1 aliphatic heterocycles. The number of nitrogens with one attached hydrogen (secondary N) is 1. The van der Waals surface area contributed by atoms with Crippen LogP contribution in [0.25, 0.3) is 16.2 Å². The van der Waals surface area contributed by atoms with E-state index in [-0.39, 0.29) is 23.7 Å². The van der Waals surface area contributed by atoms with E-state index < -0.39 is 0 Å². The van der Waals surface area contributed by atoms with Crippen molar-refractivity contribution in [1.82, 2.24) is 19.5 Å². The average Bonchev–Trinajstić information content (AvgIpc) is 3.47. The van der Waals surface area contributed by atoms with E-state index in [9.17, 15) is 14.4 Å². The summed E-state index contributed by atoms with van der Waals surface area (Å²) in [5.41, 5.74) is 4.08. The Kier molecular flexibility index (Phi) is 5.93. The van der Waals surface area contributed by atoms with E-state index in [0.717, 1.165) is 17.7 Å². The molecule has 0 aliphatic carbocycles. The molecule has 1 aliphatic rings. The van der Waals surface area contributed by atoms with Gasteiger partial charge in [-0.3, -0.25) is 24.6 Å². The molecule has 172 valence electrons. The molecule has 8 nitrogen and oxygen atoms in total. The lowest BCUT2D eigenvalue weighted by Gasteiger charge is -2.13. The standard InChI is InChI=1S/C25H23N5O3S/c1-16-10-12-17(13-11-16)20-15-34-25-27-24(28-30(20)25)26-21(31)9-3-2-6-14-29-22(32)18-7-4-5-8-19(18)23(29)33/h4-5,7-8,10-13,15H,2-3,6,9,14H2,1H3,(H,26,28,31). The maximum Gasteiger partial charge on any atom is 0.261 e. The number of unbranched alkanes of at least 4 members (excludes halogenated alkanes) is 2. The highest BCUT2D eigenvalue weighted by atomic mass is 32.1. The molecule has 34 heavy (non-hydrogen) atoms. The Morgan fingerprint density at radius 1 is 0.971 bits per heavy atom. The van der Waals surface area contributed by atoms with Gasteiger partial charge < -0.3 is 0 Å². The van der Waals surface area contributed by atoms with Crippen molar-refractivity contribution in [2.45, 2.75) is 32.6 Å². The summed E-state index contributed by atoms with van der Waals surface area (Å²) in [6.45, 7) is 2.40. The highest BCUT2D eigenvalue weighted by Crippen LogP contribution is 2.26. The molecule has 2 aromatic heterocycles. The number of rotatable bonds is 8. The predicted molar refractivity (Wildman–Crippen MR) is 130 cm³/mol. The summed E-state index contributed by atoms with van der Waals surface area (Å²) in [4.78, 5) is 43.5. The Hall–Kier alpha value is -3.85. The van der Waals surface area contributed by atoms with E-state index in [4.69, 9.17) is 0 Å². The lowest BCUT2D eigenvalue weighted by Crippen LogP contribution is -2.30. The molecule has 0 spiro atoms. The lowest BCUT2D eigenvalue weighted by molar-refractivity contribution is -0.116. The Labute approximate surface area is 200 Å². The molecule has 3 amide bonds. The minimum absolute atomic E-state index is 0.157. The largest absolute Gasteiger partial charge is 0.293 e. The second-order valence-electron chi connectivity index (χ2n) is 8.28. The number of aryl methyl sites for hydroxylation is 1. The first kappa shape index (κ1) is 22.0. The van der Waals surface area contributed by atoms with Crippen molar-refractivity contribution in [2.24, 2.45) is 0 Å². The van der Waals surface area contributed by atoms with Gasteiger partial charge in [0.25, 0.3) is 11.8 Å². The average molecular weight is 474 g/mol. The number of carbonyl (C=O) groups is 3. The zero-order chi connectivity index (χ0) is 23.7. The zero-order valence-corrected chi connectivity index (χ0v) is 19.5. The molecule has 0 radical (unpaired) electrons. The van der Waals surface area contributed by atoms with Gasteiger partial charge in [0, 0.05) is 23.9 Å². The summed E-state index contributed by atoms with van der Waals surface area (Å²) >= 11 is 1.47. The van der Waals surface area contributed by atoms with Crippen LogP contribution >= 0.6 is 11.3 Å². The molecule has 0 saturated heterocycles. The maximum atomic E-state index is 12.4. The highest BCUT2D eigenvalue weighted by Gasteiger charge is 2.34. The molecule has 3 heterocycles. The van der Waals surface area contributed by atoms with Crippen molar-refractivity contribution < 1.29 is 14.4 Å². The zero-order valence-electron chi connectivity index (χ0n) is 18.7. The van der Waals surface area contributed by atoms with Crippen molar-refractivity contribution in [3.63, 3.8) is 0 Å². The molecule has 0 unspecified atom stereocenters. The number of imide groups is 1.